The van der Waals surface area contributed by atoms with E-state index in [0.717, 1.165) is 11.3 Å². The van der Waals surface area contributed by atoms with Crippen molar-refractivity contribution in [1.82, 2.24) is 10.2 Å². The predicted molar refractivity (Wildman–Crippen MR) is 119 cm³/mol. The van der Waals surface area contributed by atoms with Crippen LogP contribution in [0.5, 0.6) is 0 Å². The molecule has 0 spiro atoms. The number of carbonyl (C=O) groups excluding carboxylic acids is 2. The van der Waals surface area contributed by atoms with Crippen LogP contribution < -0.4 is 10.6 Å². The largest absolute Gasteiger partial charge is 0.462 e. The molecule has 1 aliphatic heterocycles. The van der Waals surface area contributed by atoms with E-state index in [1.54, 1.807) is 4.90 Å². The van der Waals surface area contributed by atoms with Gasteiger partial charge in [-0.3, -0.25) is 4.79 Å². The first kappa shape index (κ1) is 22.9. The van der Waals surface area contributed by atoms with Crippen LogP contribution in [-0.2, 0) is 14.3 Å². The fourth-order valence-corrected chi connectivity index (χ4v) is 3.00. The highest BCUT2D eigenvalue weighted by atomic mass is 32.1. The van der Waals surface area contributed by atoms with Crippen molar-refractivity contribution in [3.05, 3.63) is 41.1 Å². The van der Waals surface area contributed by atoms with Gasteiger partial charge in [0, 0.05) is 23.8 Å². The van der Waals surface area contributed by atoms with Crippen LogP contribution in [0.2, 0.25) is 0 Å². The third-order valence-corrected chi connectivity index (χ3v) is 5.10. The molecule has 0 bridgehead atoms. The summed E-state index contributed by atoms with van der Waals surface area (Å²) < 4.78 is 5.50. The third-order valence-electron chi connectivity index (χ3n) is 4.70. The summed E-state index contributed by atoms with van der Waals surface area (Å²) in [6, 6.07) is 7.01. The maximum Gasteiger partial charge on any atom is 0.338 e. The van der Waals surface area contributed by atoms with Crippen molar-refractivity contribution in [1.29, 1.82) is 0 Å². The first-order valence-corrected chi connectivity index (χ1v) is 10.2. The van der Waals surface area contributed by atoms with Gasteiger partial charge in [-0.15, -0.1) is 0 Å². The minimum atomic E-state index is -0.479. The molecule has 1 amide bonds. The number of carbonyl (C=O) groups is 2. The number of benzene rings is 1. The Kier molecular flexibility index (Phi) is 7.06. The fraction of sp³-hybridized carbons (Fsp3) is 0.500. The number of nitrogens with one attached hydrogen (secondary N) is 2. The lowest BCUT2D eigenvalue weighted by atomic mass is 9.94. The number of ether oxygens (including phenoxy) is 1. The van der Waals surface area contributed by atoms with Crippen LogP contribution in [0.25, 0.3) is 0 Å². The monoisotopic (exact) mass is 417 g/mol. The summed E-state index contributed by atoms with van der Waals surface area (Å²) in [7, 11) is 1.82. The van der Waals surface area contributed by atoms with Gasteiger partial charge in [0.15, 0.2) is 5.11 Å². The lowest BCUT2D eigenvalue weighted by Gasteiger charge is -2.35. The van der Waals surface area contributed by atoms with Crippen molar-refractivity contribution in [2.45, 2.75) is 47.6 Å². The number of thiocarbonyl (C=S) groups is 1. The molecule has 1 heterocycles. The quantitative estimate of drug-likeness (QED) is 0.557. The van der Waals surface area contributed by atoms with E-state index in [2.05, 4.69) is 10.6 Å². The van der Waals surface area contributed by atoms with Crippen LogP contribution >= 0.6 is 12.2 Å². The average molecular weight is 418 g/mol. The zero-order valence-corrected chi connectivity index (χ0v) is 19.1. The Morgan fingerprint density at radius 2 is 1.83 bits per heavy atom. The smallest absolute Gasteiger partial charge is 0.338 e. The highest BCUT2D eigenvalue weighted by Crippen LogP contribution is 2.31. The SMILES string of the molecule is CC1=C(C(=O)OCC(C)C)C(c2ccc(NC(=O)C(C)(C)C)cc2)NC(=S)N1C. The first-order valence-electron chi connectivity index (χ1n) is 9.75. The van der Waals surface area contributed by atoms with E-state index in [-0.39, 0.29) is 17.8 Å². The van der Waals surface area contributed by atoms with Crippen LogP contribution in [0.15, 0.2) is 35.5 Å². The summed E-state index contributed by atoms with van der Waals surface area (Å²) in [6.07, 6.45) is 0. The Bertz CT molecular complexity index is 823. The number of anilines is 1. The summed E-state index contributed by atoms with van der Waals surface area (Å²) >= 11 is 5.42. The molecule has 2 rings (SSSR count). The molecule has 0 fully saturated rings. The van der Waals surface area contributed by atoms with Crippen molar-refractivity contribution in [3.8, 4) is 0 Å². The molecule has 2 N–H and O–H groups in total. The Balaban J connectivity index is 2.31. The zero-order valence-electron chi connectivity index (χ0n) is 18.3. The molecule has 1 aliphatic rings. The predicted octanol–water partition coefficient (Wildman–Crippen LogP) is 4.01. The average Bonchev–Trinajstić information content (AvgIpc) is 2.63. The van der Waals surface area contributed by atoms with Gasteiger partial charge in [0.25, 0.3) is 0 Å². The maximum absolute atomic E-state index is 12.8. The van der Waals surface area contributed by atoms with E-state index in [9.17, 15) is 9.59 Å². The molecular formula is C22H31N3O3S. The lowest BCUT2D eigenvalue weighted by Crippen LogP contribution is -2.46. The topological polar surface area (TPSA) is 70.7 Å². The Morgan fingerprint density at radius 3 is 2.34 bits per heavy atom. The Labute approximate surface area is 178 Å². The number of amides is 1. The van der Waals surface area contributed by atoms with Gasteiger partial charge in [-0.1, -0.05) is 46.8 Å². The molecule has 0 saturated carbocycles. The van der Waals surface area contributed by atoms with Crippen molar-refractivity contribution in [3.63, 3.8) is 0 Å². The molecule has 6 nitrogen and oxygen atoms in total. The molecule has 1 aromatic rings. The van der Waals surface area contributed by atoms with Gasteiger partial charge in [0.2, 0.25) is 5.91 Å². The van der Waals surface area contributed by atoms with E-state index in [0.29, 0.717) is 23.0 Å². The fourth-order valence-electron chi connectivity index (χ4n) is 2.75. The number of hydrogen-bond donors (Lipinski definition) is 2. The number of esters is 1. The number of nitrogens with zero attached hydrogens (tertiary/aromatic N) is 1. The summed E-state index contributed by atoms with van der Waals surface area (Å²) in [6.45, 7) is 11.8. The summed E-state index contributed by atoms with van der Waals surface area (Å²) in [5.74, 6) is -0.162. The maximum atomic E-state index is 12.8. The van der Waals surface area contributed by atoms with Crippen molar-refractivity contribution in [2.75, 3.05) is 19.0 Å². The van der Waals surface area contributed by atoms with Gasteiger partial charge in [-0.05, 0) is 42.8 Å². The molecule has 0 aromatic heterocycles. The summed E-state index contributed by atoms with van der Waals surface area (Å²) in [5.41, 5.74) is 2.39. The van der Waals surface area contributed by atoms with Gasteiger partial charge in [-0.2, -0.15) is 0 Å². The van der Waals surface area contributed by atoms with Crippen LogP contribution in [0.1, 0.15) is 53.1 Å². The summed E-state index contributed by atoms with van der Waals surface area (Å²) in [4.78, 5) is 26.8. The van der Waals surface area contributed by atoms with Gasteiger partial charge in [0.1, 0.15) is 0 Å². The van der Waals surface area contributed by atoms with Crippen molar-refractivity contribution < 1.29 is 14.3 Å². The van der Waals surface area contributed by atoms with E-state index in [1.165, 1.54) is 0 Å². The highest BCUT2D eigenvalue weighted by Gasteiger charge is 2.33. The van der Waals surface area contributed by atoms with Crippen molar-refractivity contribution in [2.24, 2.45) is 11.3 Å². The van der Waals surface area contributed by atoms with Gasteiger partial charge in [-0.25, -0.2) is 4.79 Å². The van der Waals surface area contributed by atoms with Gasteiger partial charge >= 0.3 is 5.97 Å². The van der Waals surface area contributed by atoms with E-state index < -0.39 is 11.5 Å². The second-order valence-electron chi connectivity index (χ2n) is 8.76. The Hall–Kier alpha value is -2.41. The highest BCUT2D eigenvalue weighted by molar-refractivity contribution is 7.80. The molecule has 0 saturated heterocycles. The molecule has 0 radical (unpaired) electrons. The van der Waals surface area contributed by atoms with E-state index in [1.807, 2.05) is 72.9 Å². The standard InChI is InChI=1S/C22H31N3O3S/c1-13(2)12-28-19(26)17-14(3)25(7)21(29)24-18(17)15-8-10-16(11-9-15)23-20(27)22(4,5)6/h8-11,13,18H,12H2,1-7H3,(H,23,27)(H,24,29). The van der Waals surface area contributed by atoms with Gasteiger partial charge in [0.05, 0.1) is 18.2 Å². The van der Waals surface area contributed by atoms with Gasteiger partial charge < -0.3 is 20.3 Å². The first-order chi connectivity index (χ1) is 13.4. The normalized spacial score (nSPS) is 17.3. The third kappa shape index (κ3) is 5.56. The molecule has 1 unspecified atom stereocenters. The molecule has 1 aromatic carbocycles. The molecular weight excluding hydrogens is 386 g/mol. The molecule has 158 valence electrons. The van der Waals surface area contributed by atoms with Crippen LogP contribution in [0.3, 0.4) is 0 Å². The minimum Gasteiger partial charge on any atom is -0.462 e. The lowest BCUT2D eigenvalue weighted by molar-refractivity contribution is -0.140. The van der Waals surface area contributed by atoms with E-state index in [4.69, 9.17) is 17.0 Å². The Morgan fingerprint density at radius 1 is 1.24 bits per heavy atom. The molecule has 1 atom stereocenters. The molecule has 0 aliphatic carbocycles. The zero-order chi connectivity index (χ0) is 21.9. The van der Waals surface area contributed by atoms with Crippen molar-refractivity contribution >= 4 is 34.9 Å². The molecule has 29 heavy (non-hydrogen) atoms. The molecule has 7 heteroatoms. The number of rotatable bonds is 5. The second-order valence-corrected chi connectivity index (χ2v) is 9.15. The minimum absolute atomic E-state index is 0.0578. The van der Waals surface area contributed by atoms with Crippen LogP contribution in [0, 0.1) is 11.3 Å². The van der Waals surface area contributed by atoms with Crippen LogP contribution in [0.4, 0.5) is 5.69 Å². The number of hydrogen-bond acceptors (Lipinski definition) is 4. The second kappa shape index (κ2) is 8.95. The van der Waals surface area contributed by atoms with Crippen LogP contribution in [-0.4, -0.2) is 35.5 Å². The summed E-state index contributed by atoms with van der Waals surface area (Å²) in [5, 5.41) is 6.67. The van der Waals surface area contributed by atoms with E-state index >= 15 is 0 Å². The number of allylic oxidation sites excluding steroid dienone is 1.